The predicted octanol–water partition coefficient (Wildman–Crippen LogP) is 3.17. The molecule has 0 bridgehead atoms. The second kappa shape index (κ2) is 7.56. The molecule has 0 unspecified atom stereocenters. The van der Waals surface area contributed by atoms with E-state index in [2.05, 4.69) is 0 Å². The van der Waals surface area contributed by atoms with Crippen LogP contribution in [0.4, 0.5) is 5.69 Å². The average molecular weight is 322 g/mol. The van der Waals surface area contributed by atoms with Crippen molar-refractivity contribution in [3.05, 3.63) is 53.1 Å². The number of esters is 1. The summed E-state index contributed by atoms with van der Waals surface area (Å²) in [6.45, 7) is 0.361. The second-order valence-corrected chi connectivity index (χ2v) is 4.78. The Balaban J connectivity index is 1.91. The van der Waals surface area contributed by atoms with E-state index in [0.29, 0.717) is 17.2 Å². The molecule has 6 heteroatoms. The van der Waals surface area contributed by atoms with Crippen LogP contribution in [0.25, 0.3) is 0 Å². The van der Waals surface area contributed by atoms with Crippen molar-refractivity contribution in [3.63, 3.8) is 0 Å². The van der Waals surface area contributed by atoms with Gasteiger partial charge in [0.05, 0.1) is 17.8 Å². The largest absolute Gasteiger partial charge is 0.496 e. The molecule has 5 nitrogen and oxygen atoms in total. The minimum Gasteiger partial charge on any atom is -0.496 e. The molecule has 0 fully saturated rings. The van der Waals surface area contributed by atoms with Crippen LogP contribution in [0.5, 0.6) is 11.5 Å². The molecule has 0 saturated carbocycles. The number of carbonyl (C=O) groups excluding carboxylic acids is 1. The highest BCUT2D eigenvalue weighted by Gasteiger charge is 2.16. The van der Waals surface area contributed by atoms with E-state index >= 15 is 0 Å². The zero-order valence-electron chi connectivity index (χ0n) is 12.0. The number of nitrogen functional groups attached to an aromatic ring is 1. The molecule has 2 aromatic rings. The summed E-state index contributed by atoms with van der Waals surface area (Å²) in [6.07, 6.45) is 0. The SMILES string of the molecule is COc1cc(N)c(Cl)cc1C(=O)OCCOc1ccccc1. The average Bonchev–Trinajstić information content (AvgIpc) is 2.54. The first kappa shape index (κ1) is 16.0. The number of hydrogen-bond donors (Lipinski definition) is 1. The number of carbonyl (C=O) groups is 1. The van der Waals surface area contributed by atoms with Gasteiger partial charge in [0.25, 0.3) is 0 Å². The summed E-state index contributed by atoms with van der Waals surface area (Å²) in [5, 5.41) is 0.272. The van der Waals surface area contributed by atoms with Crippen LogP contribution in [-0.4, -0.2) is 26.3 Å². The third-order valence-electron chi connectivity index (χ3n) is 2.87. The van der Waals surface area contributed by atoms with Gasteiger partial charge in [-0.15, -0.1) is 0 Å². The van der Waals surface area contributed by atoms with Crippen LogP contribution in [0, 0.1) is 0 Å². The number of ether oxygens (including phenoxy) is 3. The van der Waals surface area contributed by atoms with E-state index in [1.165, 1.54) is 19.2 Å². The quantitative estimate of drug-likeness (QED) is 0.502. The molecule has 0 atom stereocenters. The number of para-hydroxylation sites is 1. The van der Waals surface area contributed by atoms with Gasteiger partial charge in [0, 0.05) is 6.07 Å². The summed E-state index contributed by atoms with van der Waals surface area (Å²) in [5.41, 5.74) is 6.23. The highest BCUT2D eigenvalue weighted by atomic mass is 35.5. The van der Waals surface area contributed by atoms with E-state index in [1.54, 1.807) is 0 Å². The molecular formula is C16H16ClNO4. The minimum absolute atomic E-state index is 0.110. The Kier molecular flexibility index (Phi) is 5.49. The molecule has 0 heterocycles. The molecule has 0 aliphatic carbocycles. The van der Waals surface area contributed by atoms with Gasteiger partial charge in [-0.05, 0) is 18.2 Å². The van der Waals surface area contributed by atoms with Crippen molar-refractivity contribution in [2.24, 2.45) is 0 Å². The van der Waals surface area contributed by atoms with Crippen molar-refractivity contribution in [2.75, 3.05) is 26.1 Å². The van der Waals surface area contributed by atoms with Crippen molar-refractivity contribution < 1.29 is 19.0 Å². The highest BCUT2D eigenvalue weighted by molar-refractivity contribution is 6.33. The fourth-order valence-corrected chi connectivity index (χ4v) is 1.95. The number of nitrogens with two attached hydrogens (primary N) is 1. The standard InChI is InChI=1S/C16H16ClNO4/c1-20-15-10-14(18)13(17)9-12(15)16(19)22-8-7-21-11-5-3-2-4-6-11/h2-6,9-10H,7-8,18H2,1H3. The Hall–Kier alpha value is -2.40. The summed E-state index contributed by atoms with van der Waals surface area (Å²) in [6, 6.07) is 12.2. The van der Waals surface area contributed by atoms with Crippen LogP contribution in [0.15, 0.2) is 42.5 Å². The maximum absolute atomic E-state index is 12.0. The highest BCUT2D eigenvalue weighted by Crippen LogP contribution is 2.29. The molecule has 0 aliphatic heterocycles. The molecule has 0 saturated heterocycles. The number of hydrogen-bond acceptors (Lipinski definition) is 5. The number of methoxy groups -OCH3 is 1. The first-order valence-electron chi connectivity index (χ1n) is 6.60. The van der Waals surface area contributed by atoms with Crippen molar-refractivity contribution in [1.29, 1.82) is 0 Å². The topological polar surface area (TPSA) is 70.8 Å². The molecule has 0 aliphatic rings. The minimum atomic E-state index is -0.546. The van der Waals surface area contributed by atoms with E-state index in [1.807, 2.05) is 30.3 Å². The number of anilines is 1. The van der Waals surface area contributed by atoms with E-state index in [-0.39, 0.29) is 23.8 Å². The smallest absolute Gasteiger partial charge is 0.342 e. The van der Waals surface area contributed by atoms with Gasteiger partial charge in [-0.3, -0.25) is 0 Å². The molecule has 0 spiro atoms. The second-order valence-electron chi connectivity index (χ2n) is 4.37. The van der Waals surface area contributed by atoms with Gasteiger partial charge in [-0.25, -0.2) is 4.79 Å². The zero-order chi connectivity index (χ0) is 15.9. The first-order valence-corrected chi connectivity index (χ1v) is 6.97. The summed E-state index contributed by atoms with van der Waals surface area (Å²) in [4.78, 5) is 12.0. The lowest BCUT2D eigenvalue weighted by atomic mass is 10.2. The third-order valence-corrected chi connectivity index (χ3v) is 3.19. The van der Waals surface area contributed by atoms with Gasteiger partial charge in [-0.2, -0.15) is 0 Å². The van der Waals surface area contributed by atoms with E-state index < -0.39 is 5.97 Å². The van der Waals surface area contributed by atoms with Crippen molar-refractivity contribution in [3.8, 4) is 11.5 Å². The Morgan fingerprint density at radius 1 is 1.18 bits per heavy atom. The van der Waals surface area contributed by atoms with Gasteiger partial charge >= 0.3 is 5.97 Å². The molecule has 22 heavy (non-hydrogen) atoms. The monoisotopic (exact) mass is 321 g/mol. The third kappa shape index (κ3) is 4.05. The van der Waals surface area contributed by atoms with Crippen LogP contribution < -0.4 is 15.2 Å². The lowest BCUT2D eigenvalue weighted by Gasteiger charge is -2.11. The number of halogens is 1. The van der Waals surface area contributed by atoms with Crippen LogP contribution in [-0.2, 0) is 4.74 Å². The van der Waals surface area contributed by atoms with Crippen LogP contribution in [0.3, 0.4) is 0 Å². The van der Waals surface area contributed by atoms with Crippen molar-refractivity contribution in [1.82, 2.24) is 0 Å². The van der Waals surface area contributed by atoms with Crippen LogP contribution >= 0.6 is 11.6 Å². The molecule has 2 aromatic carbocycles. The Morgan fingerprint density at radius 2 is 1.91 bits per heavy atom. The van der Waals surface area contributed by atoms with Crippen molar-refractivity contribution in [2.45, 2.75) is 0 Å². The number of benzene rings is 2. The van der Waals surface area contributed by atoms with Gasteiger partial charge in [0.1, 0.15) is 30.3 Å². The number of rotatable bonds is 6. The first-order chi connectivity index (χ1) is 10.6. The van der Waals surface area contributed by atoms with Gasteiger partial charge in [0.15, 0.2) is 0 Å². The maximum atomic E-state index is 12.0. The molecule has 0 amide bonds. The lowest BCUT2D eigenvalue weighted by Crippen LogP contribution is -2.13. The molecule has 2 rings (SSSR count). The van der Waals surface area contributed by atoms with Gasteiger partial charge < -0.3 is 19.9 Å². The van der Waals surface area contributed by atoms with Gasteiger partial charge in [-0.1, -0.05) is 29.8 Å². The summed E-state index contributed by atoms with van der Waals surface area (Å²) in [7, 11) is 1.44. The fraction of sp³-hybridized carbons (Fsp3) is 0.188. The molecular weight excluding hydrogens is 306 g/mol. The Labute approximate surface area is 133 Å². The molecule has 0 aromatic heterocycles. The molecule has 2 N–H and O–H groups in total. The van der Waals surface area contributed by atoms with E-state index in [9.17, 15) is 4.79 Å². The zero-order valence-corrected chi connectivity index (χ0v) is 12.8. The Morgan fingerprint density at radius 3 is 2.59 bits per heavy atom. The lowest BCUT2D eigenvalue weighted by molar-refractivity contribution is 0.0447. The maximum Gasteiger partial charge on any atom is 0.342 e. The van der Waals surface area contributed by atoms with E-state index in [0.717, 1.165) is 0 Å². The summed E-state index contributed by atoms with van der Waals surface area (Å²) >= 11 is 5.92. The van der Waals surface area contributed by atoms with Crippen LogP contribution in [0.2, 0.25) is 5.02 Å². The van der Waals surface area contributed by atoms with Gasteiger partial charge in [0.2, 0.25) is 0 Å². The van der Waals surface area contributed by atoms with E-state index in [4.69, 9.17) is 31.5 Å². The molecule has 0 radical (unpaired) electrons. The van der Waals surface area contributed by atoms with Crippen molar-refractivity contribution >= 4 is 23.3 Å². The summed E-state index contributed by atoms with van der Waals surface area (Å²) < 4.78 is 15.7. The summed E-state index contributed by atoms with van der Waals surface area (Å²) in [5.74, 6) is 0.484. The predicted molar refractivity (Wildman–Crippen MR) is 84.6 cm³/mol. The normalized spacial score (nSPS) is 10.1. The fourth-order valence-electron chi connectivity index (χ4n) is 1.79. The van der Waals surface area contributed by atoms with Crippen LogP contribution in [0.1, 0.15) is 10.4 Å². The Bertz CT molecular complexity index is 646. The molecule has 116 valence electrons.